The fraction of sp³-hybridized carbons (Fsp3) is 0. The van der Waals surface area contributed by atoms with E-state index < -0.39 is 0 Å². The van der Waals surface area contributed by atoms with E-state index in [1.165, 1.54) is 27.8 Å². The summed E-state index contributed by atoms with van der Waals surface area (Å²) >= 11 is 0. The third-order valence-electron chi connectivity index (χ3n) is 4.09. The molecule has 0 unspecified atom stereocenters. The van der Waals surface area contributed by atoms with Gasteiger partial charge in [-0.05, 0) is 16.7 Å². The van der Waals surface area contributed by atoms with Crippen LogP contribution in [0.25, 0.3) is 33.5 Å². The third kappa shape index (κ3) is 2.58. The molecule has 0 amide bonds. The molecule has 1 aromatic heterocycles. The van der Waals surface area contributed by atoms with Crippen LogP contribution >= 0.6 is 0 Å². The molecule has 0 bridgehead atoms. The fourth-order valence-corrected chi connectivity index (χ4v) is 3.01. The van der Waals surface area contributed by atoms with Crippen molar-refractivity contribution < 1.29 is 0 Å². The lowest BCUT2D eigenvalue weighted by molar-refractivity contribution is 1.40. The van der Waals surface area contributed by atoms with Gasteiger partial charge in [0.2, 0.25) is 0 Å². The zero-order valence-corrected chi connectivity index (χ0v) is 12.7. The topological polar surface area (TPSA) is 15.8 Å². The molecule has 0 fully saturated rings. The molecule has 1 N–H and O–H groups in total. The van der Waals surface area contributed by atoms with Crippen LogP contribution in [0.15, 0.2) is 97.2 Å². The van der Waals surface area contributed by atoms with Crippen LogP contribution in [0, 0.1) is 0 Å². The Hall–Kier alpha value is -3.06. The zero-order valence-electron chi connectivity index (χ0n) is 12.7. The van der Waals surface area contributed by atoms with E-state index in [9.17, 15) is 0 Å². The van der Waals surface area contributed by atoms with Crippen LogP contribution in [0.1, 0.15) is 0 Å². The molecule has 0 saturated heterocycles. The van der Waals surface area contributed by atoms with Gasteiger partial charge in [0.05, 0.1) is 5.69 Å². The molecule has 1 heterocycles. The highest BCUT2D eigenvalue weighted by atomic mass is 14.7. The SMILES string of the molecule is c1ccc(-c2c[nH]c(-c3ccccc3)c2-c2ccccc2)cc1. The number of aromatic amines is 1. The standard InChI is InChI=1S/C22H17N/c1-4-10-17(11-5-1)20-16-23-22(19-14-8-3-9-15-19)21(20)18-12-6-2-7-13-18/h1-16,23H. The molecule has 0 spiro atoms. The van der Waals surface area contributed by atoms with Crippen molar-refractivity contribution in [2.24, 2.45) is 0 Å². The van der Waals surface area contributed by atoms with Crippen molar-refractivity contribution in [3.63, 3.8) is 0 Å². The maximum absolute atomic E-state index is 3.49. The first kappa shape index (κ1) is 13.6. The Balaban J connectivity index is 1.97. The molecular weight excluding hydrogens is 278 g/mol. The molecule has 23 heavy (non-hydrogen) atoms. The molecular formula is C22H17N. The highest BCUT2D eigenvalue weighted by Crippen LogP contribution is 2.39. The van der Waals surface area contributed by atoms with Crippen molar-refractivity contribution in [3.05, 3.63) is 97.2 Å². The van der Waals surface area contributed by atoms with Gasteiger partial charge < -0.3 is 4.98 Å². The van der Waals surface area contributed by atoms with Crippen LogP contribution in [-0.2, 0) is 0 Å². The van der Waals surface area contributed by atoms with E-state index in [-0.39, 0.29) is 0 Å². The van der Waals surface area contributed by atoms with Gasteiger partial charge in [0.15, 0.2) is 0 Å². The summed E-state index contributed by atoms with van der Waals surface area (Å²) in [6.07, 6.45) is 2.11. The summed E-state index contributed by atoms with van der Waals surface area (Å²) in [5, 5.41) is 0. The van der Waals surface area contributed by atoms with Crippen molar-refractivity contribution in [2.75, 3.05) is 0 Å². The van der Waals surface area contributed by atoms with Crippen LogP contribution in [0.2, 0.25) is 0 Å². The number of nitrogens with one attached hydrogen (secondary N) is 1. The monoisotopic (exact) mass is 295 g/mol. The van der Waals surface area contributed by atoms with Gasteiger partial charge in [-0.1, -0.05) is 91.0 Å². The van der Waals surface area contributed by atoms with E-state index in [1.54, 1.807) is 0 Å². The van der Waals surface area contributed by atoms with Crippen molar-refractivity contribution in [2.45, 2.75) is 0 Å². The summed E-state index contributed by atoms with van der Waals surface area (Å²) < 4.78 is 0. The summed E-state index contributed by atoms with van der Waals surface area (Å²) in [5.41, 5.74) is 7.30. The predicted octanol–water partition coefficient (Wildman–Crippen LogP) is 6.02. The second kappa shape index (κ2) is 5.98. The maximum Gasteiger partial charge on any atom is 0.0540 e. The summed E-state index contributed by atoms with van der Waals surface area (Å²) in [6, 6.07) is 31.6. The number of rotatable bonds is 3. The number of hydrogen-bond donors (Lipinski definition) is 1. The lowest BCUT2D eigenvalue weighted by Crippen LogP contribution is -1.84. The molecule has 0 aliphatic rings. The Morgan fingerprint density at radius 2 is 0.957 bits per heavy atom. The summed E-state index contributed by atoms with van der Waals surface area (Å²) in [6.45, 7) is 0. The highest BCUT2D eigenvalue weighted by Gasteiger charge is 2.15. The lowest BCUT2D eigenvalue weighted by atomic mass is 9.94. The first-order valence-electron chi connectivity index (χ1n) is 7.81. The molecule has 1 heteroatoms. The van der Waals surface area contributed by atoms with Gasteiger partial charge in [-0.15, -0.1) is 0 Å². The van der Waals surface area contributed by atoms with Crippen LogP contribution < -0.4 is 0 Å². The van der Waals surface area contributed by atoms with Crippen molar-refractivity contribution in [1.82, 2.24) is 4.98 Å². The first-order valence-corrected chi connectivity index (χ1v) is 7.81. The average Bonchev–Trinajstić information content (AvgIpc) is 3.09. The quantitative estimate of drug-likeness (QED) is 0.476. The Kier molecular flexibility index (Phi) is 3.53. The Labute approximate surface area is 136 Å². The normalized spacial score (nSPS) is 10.6. The Morgan fingerprint density at radius 3 is 1.52 bits per heavy atom. The molecule has 4 rings (SSSR count). The van der Waals surface area contributed by atoms with Gasteiger partial charge in [-0.3, -0.25) is 0 Å². The van der Waals surface area contributed by atoms with Gasteiger partial charge in [0.25, 0.3) is 0 Å². The van der Waals surface area contributed by atoms with E-state index >= 15 is 0 Å². The van der Waals surface area contributed by atoms with Crippen LogP contribution in [0.5, 0.6) is 0 Å². The first-order chi connectivity index (χ1) is 11.4. The molecule has 0 radical (unpaired) electrons. The molecule has 4 aromatic rings. The predicted molar refractivity (Wildman–Crippen MR) is 97.1 cm³/mol. The van der Waals surface area contributed by atoms with Crippen molar-refractivity contribution in [1.29, 1.82) is 0 Å². The molecule has 1 nitrogen and oxygen atoms in total. The van der Waals surface area contributed by atoms with Crippen LogP contribution in [-0.4, -0.2) is 4.98 Å². The molecule has 0 atom stereocenters. The van der Waals surface area contributed by atoms with Crippen LogP contribution in [0.4, 0.5) is 0 Å². The van der Waals surface area contributed by atoms with E-state index in [1.807, 2.05) is 6.07 Å². The minimum Gasteiger partial charge on any atom is -0.360 e. The summed E-state index contributed by atoms with van der Waals surface area (Å²) in [7, 11) is 0. The second-order valence-corrected chi connectivity index (χ2v) is 5.55. The van der Waals surface area contributed by atoms with Gasteiger partial charge in [0.1, 0.15) is 0 Å². The Morgan fingerprint density at radius 1 is 0.478 bits per heavy atom. The van der Waals surface area contributed by atoms with E-state index in [0.717, 1.165) is 5.69 Å². The van der Waals surface area contributed by atoms with Crippen molar-refractivity contribution >= 4 is 0 Å². The molecule has 0 aliphatic heterocycles. The van der Waals surface area contributed by atoms with Gasteiger partial charge in [-0.25, -0.2) is 0 Å². The number of aromatic nitrogens is 1. The van der Waals surface area contributed by atoms with Gasteiger partial charge in [-0.2, -0.15) is 0 Å². The molecule has 0 aliphatic carbocycles. The molecule has 3 aromatic carbocycles. The van der Waals surface area contributed by atoms with Gasteiger partial charge in [0, 0.05) is 17.3 Å². The second-order valence-electron chi connectivity index (χ2n) is 5.55. The highest BCUT2D eigenvalue weighted by molar-refractivity contribution is 5.93. The number of hydrogen-bond acceptors (Lipinski definition) is 0. The summed E-state index contributed by atoms with van der Waals surface area (Å²) in [4.78, 5) is 3.49. The van der Waals surface area contributed by atoms with Crippen LogP contribution in [0.3, 0.4) is 0 Å². The third-order valence-corrected chi connectivity index (χ3v) is 4.09. The average molecular weight is 295 g/mol. The largest absolute Gasteiger partial charge is 0.360 e. The lowest BCUT2D eigenvalue weighted by Gasteiger charge is -2.09. The van der Waals surface area contributed by atoms with E-state index in [2.05, 4.69) is 96.1 Å². The van der Waals surface area contributed by atoms with E-state index in [4.69, 9.17) is 0 Å². The maximum atomic E-state index is 3.49. The number of benzene rings is 3. The number of H-pyrrole nitrogens is 1. The zero-order chi connectivity index (χ0) is 15.5. The molecule has 110 valence electrons. The fourth-order valence-electron chi connectivity index (χ4n) is 3.01. The van der Waals surface area contributed by atoms with E-state index in [0.29, 0.717) is 0 Å². The van der Waals surface area contributed by atoms with Crippen molar-refractivity contribution in [3.8, 4) is 33.5 Å². The minimum atomic E-state index is 1.16. The molecule has 0 saturated carbocycles. The smallest absolute Gasteiger partial charge is 0.0540 e. The minimum absolute atomic E-state index is 1.16. The summed E-state index contributed by atoms with van der Waals surface area (Å²) in [5.74, 6) is 0. The Bertz CT molecular complexity index is 834. The van der Waals surface area contributed by atoms with Gasteiger partial charge >= 0.3 is 0 Å².